The van der Waals surface area contributed by atoms with Crippen LogP contribution in [0.15, 0.2) is 35.7 Å². The lowest BCUT2D eigenvalue weighted by molar-refractivity contribution is -0.132. The predicted octanol–water partition coefficient (Wildman–Crippen LogP) is 1.15. The number of nitrogens with one attached hydrogen (secondary N) is 2. The number of aromatic nitrogens is 6. The standard InChI is InChI=1S/C40H55N13O6/c41-33-24-28-3-4-29(23-32(28)48-33)37-36-38(42)46-27-47-39(36)53(50-37)10-2-1-8-44-34(54)6-15-56-17-19-58-21-22-59-20-18-57-16-7-35(55)51-11-13-52(14-12-51)40-45-26-30-25-43-9-5-31(30)49-40/h3-4,23,26-27,43H,1-2,5-22,24-25H2,(H2,41,48)(H,44,54)(H2,42,46,47). The van der Waals surface area contributed by atoms with E-state index in [1.165, 1.54) is 11.9 Å². The third-order valence-electron chi connectivity index (χ3n) is 10.4. The number of carbonyl (C=O) groups is 2. The molecule has 1 fully saturated rings. The zero-order valence-electron chi connectivity index (χ0n) is 33.6. The van der Waals surface area contributed by atoms with Crippen LogP contribution in [-0.2, 0) is 54.5 Å². The fourth-order valence-electron chi connectivity index (χ4n) is 7.22. The maximum atomic E-state index is 12.7. The van der Waals surface area contributed by atoms with Gasteiger partial charge in [0, 0.05) is 88.9 Å². The van der Waals surface area contributed by atoms with Crippen LogP contribution in [0.3, 0.4) is 0 Å². The summed E-state index contributed by atoms with van der Waals surface area (Å²) < 4.78 is 24.1. The molecule has 316 valence electrons. The van der Waals surface area contributed by atoms with Gasteiger partial charge in [0.15, 0.2) is 5.65 Å². The van der Waals surface area contributed by atoms with Crippen molar-refractivity contribution >= 4 is 46.1 Å². The summed E-state index contributed by atoms with van der Waals surface area (Å²) in [5.74, 6) is 1.75. The molecule has 0 aliphatic carbocycles. The molecule has 0 radical (unpaired) electrons. The molecule has 6 N–H and O–H groups in total. The summed E-state index contributed by atoms with van der Waals surface area (Å²) in [6.07, 6.45) is 7.09. The van der Waals surface area contributed by atoms with Crippen LogP contribution in [0.5, 0.6) is 0 Å². The average Bonchev–Trinajstić information content (AvgIpc) is 3.83. The Morgan fingerprint density at radius 2 is 1.59 bits per heavy atom. The van der Waals surface area contributed by atoms with E-state index < -0.39 is 0 Å². The Bertz CT molecular complexity index is 2070. The molecule has 1 saturated heterocycles. The molecule has 19 nitrogen and oxygen atoms in total. The number of piperazine rings is 1. The van der Waals surface area contributed by atoms with Crippen molar-refractivity contribution in [2.45, 2.75) is 51.6 Å². The molecular formula is C40H55N13O6. The van der Waals surface area contributed by atoms with Crippen molar-refractivity contribution in [2.75, 3.05) is 103 Å². The van der Waals surface area contributed by atoms with Crippen LogP contribution in [0.1, 0.15) is 42.5 Å². The van der Waals surface area contributed by atoms with Gasteiger partial charge in [-0.15, -0.1) is 0 Å². The van der Waals surface area contributed by atoms with E-state index in [2.05, 4.69) is 35.5 Å². The molecule has 3 aliphatic heterocycles. The second-order valence-electron chi connectivity index (χ2n) is 14.6. The number of nitrogens with two attached hydrogens (primary N) is 2. The van der Waals surface area contributed by atoms with Gasteiger partial charge in [0.25, 0.3) is 0 Å². The summed E-state index contributed by atoms with van der Waals surface area (Å²) >= 11 is 0. The zero-order chi connectivity index (χ0) is 40.8. The molecule has 19 heteroatoms. The van der Waals surface area contributed by atoms with E-state index >= 15 is 0 Å². The van der Waals surface area contributed by atoms with Crippen LogP contribution in [0.4, 0.5) is 17.5 Å². The summed E-state index contributed by atoms with van der Waals surface area (Å²) in [5.41, 5.74) is 18.7. The number of carbonyl (C=O) groups excluding carboxylic acids is 2. The third kappa shape index (κ3) is 11.4. The second kappa shape index (κ2) is 21.1. The van der Waals surface area contributed by atoms with Gasteiger partial charge in [-0.3, -0.25) is 9.59 Å². The Labute approximate surface area is 343 Å². The maximum absolute atomic E-state index is 12.7. The van der Waals surface area contributed by atoms with Crippen molar-refractivity contribution in [3.63, 3.8) is 0 Å². The van der Waals surface area contributed by atoms with Gasteiger partial charge in [-0.2, -0.15) is 5.10 Å². The fraction of sp³-hybridized carbons (Fsp3) is 0.550. The van der Waals surface area contributed by atoms with Gasteiger partial charge < -0.3 is 50.8 Å². The normalized spacial score (nSPS) is 15.0. The van der Waals surface area contributed by atoms with Crippen molar-refractivity contribution in [2.24, 2.45) is 10.7 Å². The third-order valence-corrected chi connectivity index (χ3v) is 10.4. The van der Waals surface area contributed by atoms with E-state index in [0.29, 0.717) is 120 Å². The summed E-state index contributed by atoms with van der Waals surface area (Å²) in [5, 5.41) is 11.8. The summed E-state index contributed by atoms with van der Waals surface area (Å²) in [6.45, 7) is 8.82. The monoisotopic (exact) mass is 813 g/mol. The number of fused-ring (bicyclic) bond motifs is 3. The van der Waals surface area contributed by atoms with E-state index in [-0.39, 0.29) is 18.2 Å². The number of nitrogen functional groups attached to an aromatic ring is 1. The number of amides is 2. The first-order valence-corrected chi connectivity index (χ1v) is 20.5. The van der Waals surface area contributed by atoms with Crippen LogP contribution in [0.2, 0.25) is 0 Å². The van der Waals surface area contributed by atoms with E-state index in [9.17, 15) is 9.59 Å². The number of amidine groups is 1. The topological polar surface area (TPSA) is 235 Å². The first-order chi connectivity index (χ1) is 28.9. The minimum Gasteiger partial charge on any atom is -0.387 e. The summed E-state index contributed by atoms with van der Waals surface area (Å²) in [6, 6.07) is 5.98. The van der Waals surface area contributed by atoms with Crippen molar-refractivity contribution in [3.05, 3.63) is 47.5 Å². The van der Waals surface area contributed by atoms with Crippen LogP contribution < -0.4 is 27.0 Å². The fourth-order valence-corrected chi connectivity index (χ4v) is 7.22. The first-order valence-electron chi connectivity index (χ1n) is 20.5. The Hall–Kier alpha value is -5.34. The lowest BCUT2D eigenvalue weighted by Crippen LogP contribution is -2.49. The number of benzene rings is 1. The minimum atomic E-state index is -0.0637. The van der Waals surface area contributed by atoms with E-state index in [1.807, 2.05) is 34.0 Å². The van der Waals surface area contributed by atoms with Crippen molar-refractivity contribution in [1.82, 2.24) is 45.2 Å². The molecule has 6 heterocycles. The Morgan fingerprint density at radius 1 is 0.847 bits per heavy atom. The van der Waals surface area contributed by atoms with Crippen LogP contribution >= 0.6 is 0 Å². The lowest BCUT2D eigenvalue weighted by Gasteiger charge is -2.35. The minimum absolute atomic E-state index is 0.0637. The van der Waals surface area contributed by atoms with Gasteiger partial charge in [-0.05, 0) is 24.5 Å². The number of unbranched alkanes of at least 4 members (excludes halogenated alkanes) is 1. The van der Waals surface area contributed by atoms with Gasteiger partial charge in [0.1, 0.15) is 23.7 Å². The van der Waals surface area contributed by atoms with Crippen LogP contribution in [0, 0.1) is 0 Å². The van der Waals surface area contributed by atoms with Gasteiger partial charge in [-0.25, -0.2) is 29.6 Å². The van der Waals surface area contributed by atoms with Gasteiger partial charge in [0.05, 0.1) is 76.0 Å². The largest absolute Gasteiger partial charge is 0.387 e. The quantitative estimate of drug-likeness (QED) is 0.0815. The summed E-state index contributed by atoms with van der Waals surface area (Å²) in [7, 11) is 0. The molecule has 0 bridgehead atoms. The van der Waals surface area contributed by atoms with Gasteiger partial charge >= 0.3 is 0 Å². The van der Waals surface area contributed by atoms with Crippen LogP contribution in [0.25, 0.3) is 22.3 Å². The Balaban J connectivity index is 0.658. The highest BCUT2D eigenvalue weighted by Crippen LogP contribution is 2.35. The number of hydrogen-bond donors (Lipinski definition) is 4. The van der Waals surface area contributed by atoms with E-state index in [4.69, 9.17) is 40.5 Å². The number of hydrogen-bond acceptors (Lipinski definition) is 16. The molecule has 2 amide bonds. The molecule has 0 unspecified atom stereocenters. The van der Waals surface area contributed by atoms with Crippen LogP contribution in [-0.4, -0.2) is 144 Å². The summed E-state index contributed by atoms with van der Waals surface area (Å²) in [4.78, 5) is 51.4. The lowest BCUT2D eigenvalue weighted by atomic mass is 10.0. The first kappa shape index (κ1) is 41.8. The van der Waals surface area contributed by atoms with Crippen molar-refractivity contribution < 1.29 is 28.5 Å². The number of aryl methyl sites for hydroxylation is 1. The molecular weight excluding hydrogens is 759 g/mol. The highest BCUT2D eigenvalue weighted by atomic mass is 16.6. The molecule has 59 heavy (non-hydrogen) atoms. The van der Waals surface area contributed by atoms with Gasteiger partial charge in [-0.1, -0.05) is 12.1 Å². The molecule has 0 saturated carbocycles. The molecule has 0 spiro atoms. The smallest absolute Gasteiger partial charge is 0.225 e. The van der Waals surface area contributed by atoms with E-state index in [1.54, 1.807) is 0 Å². The average molecular weight is 814 g/mol. The van der Waals surface area contributed by atoms with Crippen molar-refractivity contribution in [1.29, 1.82) is 0 Å². The van der Waals surface area contributed by atoms with Crippen molar-refractivity contribution in [3.8, 4) is 11.3 Å². The molecule has 1 aromatic carbocycles. The highest BCUT2D eigenvalue weighted by Gasteiger charge is 2.24. The molecule has 3 aliphatic rings. The van der Waals surface area contributed by atoms with Gasteiger partial charge in [0.2, 0.25) is 17.8 Å². The SMILES string of the molecule is NC1=Nc2cc(-c3nn(CCCCNC(=O)CCOCCOCCOCCOCCC(=O)N4CCN(c5ncc6c(n5)CCNC6)CC4)c4ncnc(N)c34)ccc2C1. The number of aliphatic imine (C=N–C) groups is 1. The molecule has 4 aromatic rings. The Morgan fingerprint density at radius 3 is 2.37 bits per heavy atom. The second-order valence-corrected chi connectivity index (χ2v) is 14.6. The molecule has 7 rings (SSSR count). The number of rotatable bonds is 22. The maximum Gasteiger partial charge on any atom is 0.225 e. The highest BCUT2D eigenvalue weighted by molar-refractivity contribution is 5.99. The number of ether oxygens (including phenoxy) is 4. The Kier molecular flexibility index (Phi) is 14.9. The number of nitrogens with zero attached hydrogens (tertiary/aromatic N) is 9. The zero-order valence-corrected chi connectivity index (χ0v) is 33.6. The molecule has 3 aromatic heterocycles. The predicted molar refractivity (Wildman–Crippen MR) is 221 cm³/mol. The molecule has 0 atom stereocenters. The number of anilines is 2. The van der Waals surface area contributed by atoms with E-state index in [0.717, 1.165) is 73.9 Å².